The summed E-state index contributed by atoms with van der Waals surface area (Å²) in [5, 5.41) is 12.2. The maximum Gasteiger partial charge on any atom is 0.108 e. The van der Waals surface area contributed by atoms with Gasteiger partial charge < -0.3 is 10.2 Å². The standard InChI is InChI=1S/C12H25N3/c1-6-7-14-11(8-13)9-15(5)10-12(2,3)4/h11,14H,6-7,9-10H2,1-5H3. The van der Waals surface area contributed by atoms with Gasteiger partial charge in [0.2, 0.25) is 0 Å². The molecule has 0 saturated carbocycles. The molecule has 0 bridgehead atoms. The molecule has 0 radical (unpaired) electrons. The summed E-state index contributed by atoms with van der Waals surface area (Å²) in [7, 11) is 2.07. The molecule has 0 aromatic heterocycles. The Morgan fingerprint density at radius 1 is 1.40 bits per heavy atom. The number of rotatable bonds is 6. The van der Waals surface area contributed by atoms with Crippen molar-refractivity contribution < 1.29 is 0 Å². The highest BCUT2D eigenvalue weighted by molar-refractivity contribution is 4.91. The van der Waals surface area contributed by atoms with Crippen LogP contribution in [0.5, 0.6) is 0 Å². The van der Waals surface area contributed by atoms with E-state index in [0.29, 0.717) is 5.41 Å². The maximum absolute atomic E-state index is 8.96. The molecular formula is C12H25N3. The van der Waals surface area contributed by atoms with E-state index in [1.807, 2.05) is 0 Å². The molecule has 0 spiro atoms. The van der Waals surface area contributed by atoms with Crippen molar-refractivity contribution in [2.24, 2.45) is 5.41 Å². The quantitative estimate of drug-likeness (QED) is 0.729. The van der Waals surface area contributed by atoms with Crippen LogP contribution in [0.3, 0.4) is 0 Å². The number of hydrogen-bond donors (Lipinski definition) is 1. The van der Waals surface area contributed by atoms with E-state index in [1.54, 1.807) is 0 Å². The minimum Gasteiger partial charge on any atom is -0.303 e. The fraction of sp³-hybridized carbons (Fsp3) is 0.917. The van der Waals surface area contributed by atoms with Gasteiger partial charge in [0.25, 0.3) is 0 Å². The van der Waals surface area contributed by atoms with E-state index >= 15 is 0 Å². The molecule has 0 aliphatic heterocycles. The van der Waals surface area contributed by atoms with Crippen LogP contribution < -0.4 is 5.32 Å². The number of nitrogens with zero attached hydrogens (tertiary/aromatic N) is 2. The molecule has 0 aliphatic rings. The van der Waals surface area contributed by atoms with Crippen LogP contribution in [0.25, 0.3) is 0 Å². The zero-order valence-corrected chi connectivity index (χ0v) is 10.8. The zero-order chi connectivity index (χ0) is 11.9. The van der Waals surface area contributed by atoms with Gasteiger partial charge in [-0.3, -0.25) is 0 Å². The second-order valence-electron chi connectivity index (χ2n) is 5.39. The van der Waals surface area contributed by atoms with Crippen LogP contribution in [0.1, 0.15) is 34.1 Å². The van der Waals surface area contributed by atoms with Gasteiger partial charge >= 0.3 is 0 Å². The summed E-state index contributed by atoms with van der Waals surface area (Å²) < 4.78 is 0. The normalized spacial score (nSPS) is 13.9. The smallest absolute Gasteiger partial charge is 0.108 e. The van der Waals surface area contributed by atoms with E-state index in [2.05, 4.69) is 51.0 Å². The van der Waals surface area contributed by atoms with E-state index in [0.717, 1.165) is 26.1 Å². The highest BCUT2D eigenvalue weighted by atomic mass is 15.1. The Bertz CT molecular complexity index is 200. The summed E-state index contributed by atoms with van der Waals surface area (Å²) in [4.78, 5) is 2.22. The van der Waals surface area contributed by atoms with Crippen molar-refractivity contribution in [1.29, 1.82) is 5.26 Å². The third kappa shape index (κ3) is 8.41. The van der Waals surface area contributed by atoms with Crippen molar-refractivity contribution in [3.63, 3.8) is 0 Å². The van der Waals surface area contributed by atoms with E-state index in [1.165, 1.54) is 0 Å². The van der Waals surface area contributed by atoms with Crippen molar-refractivity contribution in [3.8, 4) is 6.07 Å². The highest BCUT2D eigenvalue weighted by Gasteiger charge is 2.16. The number of hydrogen-bond acceptors (Lipinski definition) is 3. The molecule has 0 aromatic rings. The lowest BCUT2D eigenvalue weighted by molar-refractivity contribution is 0.218. The van der Waals surface area contributed by atoms with Gasteiger partial charge in [0.05, 0.1) is 6.07 Å². The molecule has 1 atom stereocenters. The van der Waals surface area contributed by atoms with Crippen LogP contribution >= 0.6 is 0 Å². The summed E-state index contributed by atoms with van der Waals surface area (Å²) in [5.74, 6) is 0. The lowest BCUT2D eigenvalue weighted by Crippen LogP contribution is -2.41. The molecule has 0 amide bonds. The lowest BCUT2D eigenvalue weighted by atomic mass is 9.96. The molecule has 0 fully saturated rings. The second-order valence-corrected chi connectivity index (χ2v) is 5.39. The molecule has 3 nitrogen and oxygen atoms in total. The fourth-order valence-electron chi connectivity index (χ4n) is 1.66. The predicted octanol–water partition coefficient (Wildman–Crippen LogP) is 1.86. The average Bonchev–Trinajstić information content (AvgIpc) is 2.09. The summed E-state index contributed by atoms with van der Waals surface area (Å²) in [6, 6.07) is 2.26. The topological polar surface area (TPSA) is 39.1 Å². The monoisotopic (exact) mass is 211 g/mol. The van der Waals surface area contributed by atoms with Gasteiger partial charge in [-0.05, 0) is 25.4 Å². The van der Waals surface area contributed by atoms with Crippen LogP contribution in [0.15, 0.2) is 0 Å². The van der Waals surface area contributed by atoms with Gasteiger partial charge in [-0.25, -0.2) is 0 Å². The lowest BCUT2D eigenvalue weighted by Gasteiger charge is -2.28. The van der Waals surface area contributed by atoms with Gasteiger partial charge in [0.15, 0.2) is 0 Å². The molecule has 0 aliphatic carbocycles. The van der Waals surface area contributed by atoms with Gasteiger partial charge in [0, 0.05) is 13.1 Å². The molecule has 88 valence electrons. The van der Waals surface area contributed by atoms with E-state index < -0.39 is 0 Å². The third-order valence-corrected chi connectivity index (χ3v) is 2.04. The minimum atomic E-state index is -0.0442. The van der Waals surface area contributed by atoms with Crippen LogP contribution in [-0.4, -0.2) is 37.6 Å². The first-order chi connectivity index (χ1) is 6.89. The summed E-state index contributed by atoms with van der Waals surface area (Å²) in [6.45, 7) is 11.5. The summed E-state index contributed by atoms with van der Waals surface area (Å²) >= 11 is 0. The van der Waals surface area contributed by atoms with E-state index in [4.69, 9.17) is 5.26 Å². The molecule has 0 heterocycles. The maximum atomic E-state index is 8.96. The van der Waals surface area contributed by atoms with E-state index in [-0.39, 0.29) is 6.04 Å². The Balaban J connectivity index is 3.92. The minimum absolute atomic E-state index is 0.0442. The highest BCUT2D eigenvalue weighted by Crippen LogP contribution is 2.13. The van der Waals surface area contributed by atoms with Crippen molar-refractivity contribution in [3.05, 3.63) is 0 Å². The molecule has 0 rings (SSSR count). The fourth-order valence-corrected chi connectivity index (χ4v) is 1.66. The molecule has 0 aromatic carbocycles. The summed E-state index contributed by atoms with van der Waals surface area (Å²) in [6.07, 6.45) is 1.07. The van der Waals surface area contributed by atoms with Crippen molar-refractivity contribution >= 4 is 0 Å². The average molecular weight is 211 g/mol. The summed E-state index contributed by atoms with van der Waals surface area (Å²) in [5.41, 5.74) is 0.291. The number of likely N-dealkylation sites (N-methyl/N-ethyl adjacent to an activating group) is 1. The Morgan fingerprint density at radius 2 is 2.00 bits per heavy atom. The first-order valence-electron chi connectivity index (χ1n) is 5.70. The number of nitriles is 1. The predicted molar refractivity (Wildman–Crippen MR) is 64.6 cm³/mol. The van der Waals surface area contributed by atoms with Crippen LogP contribution in [0, 0.1) is 16.7 Å². The van der Waals surface area contributed by atoms with Crippen molar-refractivity contribution in [1.82, 2.24) is 10.2 Å². The Morgan fingerprint density at radius 3 is 2.40 bits per heavy atom. The van der Waals surface area contributed by atoms with Crippen LogP contribution in [-0.2, 0) is 0 Å². The first kappa shape index (κ1) is 14.4. The second kappa shape index (κ2) is 6.81. The Hall–Kier alpha value is -0.590. The SMILES string of the molecule is CCCNC(C#N)CN(C)CC(C)(C)C. The molecule has 3 heteroatoms. The number of nitrogens with one attached hydrogen (secondary N) is 1. The van der Waals surface area contributed by atoms with Gasteiger partial charge in [-0.15, -0.1) is 0 Å². The van der Waals surface area contributed by atoms with Crippen LogP contribution in [0.2, 0.25) is 0 Å². The van der Waals surface area contributed by atoms with Gasteiger partial charge in [0.1, 0.15) is 6.04 Å². The largest absolute Gasteiger partial charge is 0.303 e. The molecule has 1 N–H and O–H groups in total. The third-order valence-electron chi connectivity index (χ3n) is 2.04. The molecule has 0 saturated heterocycles. The Kier molecular flexibility index (Phi) is 6.55. The van der Waals surface area contributed by atoms with Crippen molar-refractivity contribution in [2.45, 2.75) is 40.2 Å². The van der Waals surface area contributed by atoms with Crippen LogP contribution in [0.4, 0.5) is 0 Å². The Labute approximate surface area is 94.5 Å². The van der Waals surface area contributed by atoms with Crippen molar-refractivity contribution in [2.75, 3.05) is 26.7 Å². The molecule has 1 unspecified atom stereocenters. The van der Waals surface area contributed by atoms with E-state index in [9.17, 15) is 0 Å². The zero-order valence-electron chi connectivity index (χ0n) is 10.8. The molecular weight excluding hydrogens is 186 g/mol. The van der Waals surface area contributed by atoms with Gasteiger partial charge in [-0.2, -0.15) is 5.26 Å². The first-order valence-corrected chi connectivity index (χ1v) is 5.70. The molecule has 15 heavy (non-hydrogen) atoms. The van der Waals surface area contributed by atoms with Gasteiger partial charge in [-0.1, -0.05) is 27.7 Å².